The standard InChI is InChI=1S/18CN.7Fe.2K.H2O4S/c18*1-2;;;;;;;;;;1-5(2,3)4/h;;;;;;;;;;;;;;;;;;;;;;;;;;;(H2,1,2,3,4)/q;;;;;;;;;;;;;;;;;;3*-4;4*+3;2*+1;/p-2. The molecule has 0 aliphatic rings. The molecule has 0 aliphatic carbocycles. The van der Waals surface area contributed by atoms with Crippen LogP contribution in [-0.4, -0.2) is 17.5 Å². The summed E-state index contributed by atoms with van der Waals surface area (Å²) in [4.78, 5) is 18.6. The Morgan fingerprint density at radius 2 is 0.320 bits per heavy atom. The van der Waals surface area contributed by atoms with E-state index in [4.69, 9.17) is 112 Å². The molecule has 0 aromatic carbocycles. The predicted molar refractivity (Wildman–Crippen MR) is 112 cm³/mol. The van der Waals surface area contributed by atoms with Crippen LogP contribution in [0.15, 0.2) is 0 Å². The SMILES string of the molecule is N#[C][Fe-4]([C]#N)([C]#N)([C]#N)([C]#N)[C]#N.N#[C][Fe-4]([C]#N)([C]#N)([C]#N)([C]#N)[C]#N.N#[C][Fe-4]([C]#N)([C]#N)([C]#N)([C]#N)[C]#N.O=S(=O)([O-])[O-].[Fe+3].[Fe+3].[Fe+3].[Fe+3].[K+].[K+]. The van der Waals surface area contributed by atoms with E-state index < -0.39 is 42.6 Å². The fourth-order valence-corrected chi connectivity index (χ4v) is 3.28. The topological polar surface area (TPSA) is 508 Å². The van der Waals surface area contributed by atoms with Crippen LogP contribution in [0.4, 0.5) is 0 Å². The summed E-state index contributed by atoms with van der Waals surface area (Å²) in [5, 5.41) is 154. The summed E-state index contributed by atoms with van der Waals surface area (Å²) in [7, 11) is -23.7. The van der Waals surface area contributed by atoms with Crippen molar-refractivity contribution in [1.29, 1.82) is 94.7 Å². The van der Waals surface area contributed by atoms with Gasteiger partial charge in [0.1, 0.15) is 0 Å². The molecule has 0 aromatic heterocycles. The largest absolute Gasteiger partial charge is 3.00 e. The third-order valence-corrected chi connectivity index (χ3v) is 14.7. The molecule has 32 heteroatoms. The summed E-state index contributed by atoms with van der Waals surface area (Å²) < 4.78 is 34.1. The van der Waals surface area contributed by atoms with E-state index in [0.29, 0.717) is 0 Å². The average Bonchev–Trinajstić information content (AvgIpc) is 3.09. The van der Waals surface area contributed by atoms with E-state index in [1.165, 1.54) is 0 Å². The Morgan fingerprint density at radius 1 is 0.280 bits per heavy atom. The molecular formula is C18Fe7K2N18O4S. The van der Waals surface area contributed by atoms with E-state index in [9.17, 15) is 0 Å². The zero-order valence-electron chi connectivity index (χ0n) is 23.6. The van der Waals surface area contributed by atoms with Gasteiger partial charge in [0.2, 0.25) is 0 Å². The van der Waals surface area contributed by atoms with Crippen LogP contribution in [0.5, 0.6) is 0 Å². The normalized spacial score (nSPS) is 11.6. The fraction of sp³-hybridized carbons (Fsp3) is 0. The Morgan fingerprint density at radius 3 is 0.320 bits per heavy atom. The molecule has 0 fully saturated rings. The number of hydrogen-bond acceptors (Lipinski definition) is 22. The quantitative estimate of drug-likeness (QED) is 0.124. The van der Waals surface area contributed by atoms with Gasteiger partial charge in [0.25, 0.3) is 0 Å². The van der Waals surface area contributed by atoms with Crippen molar-refractivity contribution < 1.29 is 221 Å². The van der Waals surface area contributed by atoms with Crippen LogP contribution in [0.3, 0.4) is 0 Å². The van der Waals surface area contributed by atoms with E-state index in [-0.39, 0.29) is 171 Å². The van der Waals surface area contributed by atoms with Gasteiger partial charge < -0.3 is 9.11 Å². The Bertz CT molecular complexity index is 1680. The van der Waals surface area contributed by atoms with Crippen LogP contribution in [0, 0.1) is 184 Å². The van der Waals surface area contributed by atoms with Gasteiger partial charge in [-0.15, -0.1) is 0 Å². The van der Waals surface area contributed by atoms with Crippen LogP contribution >= 0.6 is 0 Å². The van der Waals surface area contributed by atoms with Gasteiger partial charge >= 0.3 is 387 Å². The molecule has 0 amide bonds. The monoisotopic (exact) mass is 1030 g/mol. The zero-order valence-corrected chi connectivity index (χ0v) is 38.4. The molecule has 0 spiro atoms. The molecule has 22 nitrogen and oxygen atoms in total. The van der Waals surface area contributed by atoms with Gasteiger partial charge in [0.15, 0.2) is 0 Å². The molecule has 50 heavy (non-hydrogen) atoms. The maximum absolute atomic E-state index is 8.58. The zero-order chi connectivity index (χ0) is 36.5. The minimum absolute atomic E-state index is 0. The van der Waals surface area contributed by atoms with Gasteiger partial charge in [-0.05, 0) is 0 Å². The van der Waals surface area contributed by atoms with E-state index in [1.807, 2.05) is 0 Å². The molecule has 0 rings (SSSR count). The van der Waals surface area contributed by atoms with E-state index in [0.717, 1.165) is 89.4 Å². The minimum Gasteiger partial charge on any atom is -0.759 e. The second-order valence-corrected chi connectivity index (χ2v) is 23.5. The Balaban J connectivity index is -0.0000000531. The molecule has 4 radical (unpaired) electrons. The maximum Gasteiger partial charge on any atom is 3.00 e. The third kappa shape index (κ3) is 11.8. The first-order chi connectivity index (χ1) is 19.9. The first-order valence-electron chi connectivity index (χ1n) is 7.87. The van der Waals surface area contributed by atoms with Crippen LogP contribution < -0.4 is 103 Å². The molecule has 0 saturated heterocycles. The summed E-state index contributed by atoms with van der Waals surface area (Å²) >= 11 is 0. The van der Waals surface area contributed by atoms with Crippen molar-refractivity contribution in [1.82, 2.24) is 0 Å². The molecule has 0 N–H and O–H groups in total. The van der Waals surface area contributed by atoms with Gasteiger partial charge in [-0.2, -0.15) is 0 Å². The average molecular weight is 1030 g/mol. The molecule has 0 unspecified atom stereocenters. The first kappa shape index (κ1) is 73.1. The van der Waals surface area contributed by atoms with Gasteiger partial charge in [-0.3, -0.25) is 8.42 Å². The molecule has 0 bridgehead atoms. The number of nitrogens with zero attached hydrogens (tertiary/aromatic N) is 18. The Labute approximate surface area is 407 Å². The maximum atomic E-state index is 8.58. The van der Waals surface area contributed by atoms with Crippen molar-refractivity contribution in [3.05, 3.63) is 0 Å². The summed E-state index contributed by atoms with van der Waals surface area (Å²) in [6, 6.07) is 0. The number of nitriles is 18. The molecule has 0 heterocycles. The molecule has 0 aromatic rings. The summed E-state index contributed by atoms with van der Waals surface area (Å²) in [6.45, 7) is 0. The number of rotatable bonds is 0. The van der Waals surface area contributed by atoms with Gasteiger partial charge in [-0.1, -0.05) is 0 Å². The van der Waals surface area contributed by atoms with Crippen molar-refractivity contribution in [2.24, 2.45) is 0 Å². The Hall–Kier alpha value is -2.40. The molecular weight excluding hydrogens is 1030 g/mol. The molecule has 0 aliphatic heterocycles. The third-order valence-electron chi connectivity index (χ3n) is 3.56. The number of hydrogen-bond donors (Lipinski definition) is 0. The van der Waals surface area contributed by atoms with Crippen molar-refractivity contribution >= 4 is 10.4 Å². The van der Waals surface area contributed by atoms with Crippen molar-refractivity contribution in [3.8, 4) is 89.4 Å². The minimum atomic E-state index is -6.17. The van der Waals surface area contributed by atoms with Gasteiger partial charge in [0.05, 0.1) is 0 Å². The van der Waals surface area contributed by atoms with Crippen LogP contribution in [0.1, 0.15) is 0 Å². The Kier molecular flexibility index (Phi) is 31.9. The predicted octanol–water partition coefficient (Wildman–Crippen LogP) is -7.05. The molecule has 0 saturated carbocycles. The van der Waals surface area contributed by atoms with Crippen LogP contribution in [-0.2, 0) is 111 Å². The van der Waals surface area contributed by atoms with E-state index >= 15 is 0 Å². The van der Waals surface area contributed by atoms with Gasteiger partial charge in [0, 0.05) is 10.4 Å². The van der Waals surface area contributed by atoms with E-state index in [1.54, 1.807) is 0 Å². The van der Waals surface area contributed by atoms with Gasteiger partial charge in [-0.25, -0.2) is 0 Å². The molecule has 0 atom stereocenters. The van der Waals surface area contributed by atoms with Crippen molar-refractivity contribution in [2.45, 2.75) is 0 Å². The van der Waals surface area contributed by atoms with Crippen LogP contribution in [0.2, 0.25) is 0 Å². The van der Waals surface area contributed by atoms with Crippen molar-refractivity contribution in [2.75, 3.05) is 0 Å². The fourth-order valence-electron chi connectivity index (χ4n) is 0.795. The second kappa shape index (κ2) is 21.8. The summed E-state index contributed by atoms with van der Waals surface area (Å²) in [6.07, 6.45) is 0. The van der Waals surface area contributed by atoms with Crippen LogP contribution in [0.25, 0.3) is 0 Å². The van der Waals surface area contributed by atoms with E-state index in [2.05, 4.69) is 0 Å². The summed E-state index contributed by atoms with van der Waals surface area (Å²) in [5.41, 5.74) is 0. The summed E-state index contributed by atoms with van der Waals surface area (Å²) in [5.74, 6) is 0. The smallest absolute Gasteiger partial charge is 0.759 e. The second-order valence-electron chi connectivity index (χ2n) is 5.81. The first-order valence-corrected chi connectivity index (χ1v) is 19.1. The molecule has 250 valence electrons. The van der Waals surface area contributed by atoms with Crippen molar-refractivity contribution in [3.63, 3.8) is 0 Å².